The minimum absolute atomic E-state index is 0.298. The van der Waals surface area contributed by atoms with E-state index in [9.17, 15) is 9.90 Å². The average Bonchev–Trinajstić information content (AvgIpc) is 2.45. The maximum Gasteiger partial charge on any atom is 0.410 e. The number of aliphatic hydroxyl groups excluding tert-OH is 1. The van der Waals surface area contributed by atoms with Gasteiger partial charge in [-0.2, -0.15) is 0 Å². The van der Waals surface area contributed by atoms with Gasteiger partial charge in [0, 0.05) is 17.8 Å². The maximum atomic E-state index is 12.4. The molecule has 122 valence electrons. The molecule has 1 aliphatic rings. The van der Waals surface area contributed by atoms with Crippen LogP contribution in [-0.4, -0.2) is 34.3 Å². The van der Waals surface area contributed by atoms with Crippen LogP contribution in [0.3, 0.4) is 0 Å². The molecule has 5 nitrogen and oxygen atoms in total. The van der Waals surface area contributed by atoms with Crippen LogP contribution in [0.25, 0.3) is 0 Å². The van der Waals surface area contributed by atoms with E-state index in [1.54, 1.807) is 11.0 Å². The molecule has 2 unspecified atom stereocenters. The number of nitrogens with zero attached hydrogens (tertiary/aromatic N) is 1. The third-order valence-electron chi connectivity index (χ3n) is 3.86. The predicted molar refractivity (Wildman–Crippen MR) is 86.4 cm³/mol. The van der Waals surface area contributed by atoms with Crippen LogP contribution in [0, 0.1) is 0 Å². The van der Waals surface area contributed by atoms with E-state index in [1.807, 2.05) is 39.0 Å². The number of aliphatic hydroxyl groups is 1. The molecule has 3 N–H and O–H groups in total. The fourth-order valence-electron chi connectivity index (χ4n) is 2.82. The fraction of sp³-hybridized carbons (Fsp3) is 0.588. The number of nitrogens with two attached hydrogens (primary N) is 1. The highest BCUT2D eigenvalue weighted by molar-refractivity contribution is 5.69. The first-order valence-electron chi connectivity index (χ1n) is 7.81. The molecule has 0 aromatic heterocycles. The van der Waals surface area contributed by atoms with E-state index >= 15 is 0 Å². The largest absolute Gasteiger partial charge is 0.444 e. The van der Waals surface area contributed by atoms with Gasteiger partial charge in [-0.3, -0.25) is 0 Å². The Morgan fingerprint density at radius 3 is 2.68 bits per heavy atom. The lowest BCUT2D eigenvalue weighted by Crippen LogP contribution is -2.48. The molecular formula is C17H26N2O3. The molecule has 1 aromatic carbocycles. The van der Waals surface area contributed by atoms with Crippen LogP contribution in [0.4, 0.5) is 10.5 Å². The molecule has 5 heteroatoms. The summed E-state index contributed by atoms with van der Waals surface area (Å²) in [6.45, 7) is 6.13. The van der Waals surface area contributed by atoms with Crippen molar-refractivity contribution in [2.45, 2.75) is 57.8 Å². The second-order valence-corrected chi connectivity index (χ2v) is 6.81. The quantitative estimate of drug-likeness (QED) is 0.823. The first kappa shape index (κ1) is 16.6. The van der Waals surface area contributed by atoms with Crippen molar-refractivity contribution in [3.8, 4) is 0 Å². The van der Waals surface area contributed by atoms with Gasteiger partial charge < -0.3 is 20.5 Å². The lowest BCUT2D eigenvalue weighted by atomic mass is 9.92. The van der Waals surface area contributed by atoms with E-state index in [-0.39, 0.29) is 12.1 Å². The number of hydrogen-bond acceptors (Lipinski definition) is 4. The molecule has 2 rings (SSSR count). The topological polar surface area (TPSA) is 75.8 Å². The Labute approximate surface area is 132 Å². The molecule has 1 aliphatic heterocycles. The minimum Gasteiger partial charge on any atom is -0.444 e. The molecule has 2 atom stereocenters. The highest BCUT2D eigenvalue weighted by Gasteiger charge is 2.35. The van der Waals surface area contributed by atoms with Gasteiger partial charge >= 0.3 is 6.09 Å². The summed E-state index contributed by atoms with van der Waals surface area (Å²) in [5, 5.41) is 10.7. The third kappa shape index (κ3) is 3.91. The van der Waals surface area contributed by atoms with Crippen molar-refractivity contribution >= 4 is 11.8 Å². The van der Waals surface area contributed by atoms with Crippen molar-refractivity contribution in [2.24, 2.45) is 0 Å². The van der Waals surface area contributed by atoms with E-state index < -0.39 is 11.7 Å². The van der Waals surface area contributed by atoms with Crippen molar-refractivity contribution in [3.63, 3.8) is 0 Å². The Bertz CT molecular complexity index is 525. The first-order valence-corrected chi connectivity index (χ1v) is 7.81. The zero-order chi connectivity index (χ0) is 16.3. The number of carbonyl (C=O) groups excluding carboxylic acids is 1. The summed E-state index contributed by atoms with van der Waals surface area (Å²) in [5.41, 5.74) is 6.63. The van der Waals surface area contributed by atoms with Crippen molar-refractivity contribution in [2.75, 3.05) is 12.3 Å². The SMILES string of the molecule is CC(C)(C)OC(=O)N1CCCCC1C(O)c1ccccc1N. The number of para-hydroxylation sites is 1. The van der Waals surface area contributed by atoms with E-state index in [2.05, 4.69) is 0 Å². The second kappa shape index (κ2) is 6.57. The van der Waals surface area contributed by atoms with Gasteiger partial charge in [0.1, 0.15) is 11.7 Å². The van der Waals surface area contributed by atoms with Crippen LogP contribution in [0.1, 0.15) is 51.7 Å². The zero-order valence-corrected chi connectivity index (χ0v) is 13.6. The summed E-state index contributed by atoms with van der Waals surface area (Å²) >= 11 is 0. The highest BCUT2D eigenvalue weighted by atomic mass is 16.6. The summed E-state index contributed by atoms with van der Waals surface area (Å²) < 4.78 is 5.47. The number of hydrogen-bond donors (Lipinski definition) is 2. The van der Waals surface area contributed by atoms with Crippen LogP contribution >= 0.6 is 0 Å². The van der Waals surface area contributed by atoms with Crippen molar-refractivity contribution in [1.29, 1.82) is 0 Å². The Morgan fingerprint density at radius 1 is 1.36 bits per heavy atom. The maximum absolute atomic E-state index is 12.4. The van der Waals surface area contributed by atoms with Crippen molar-refractivity contribution < 1.29 is 14.6 Å². The summed E-state index contributed by atoms with van der Waals surface area (Å²) in [7, 11) is 0. The third-order valence-corrected chi connectivity index (χ3v) is 3.86. The number of carbonyl (C=O) groups is 1. The van der Waals surface area contributed by atoms with E-state index in [0.29, 0.717) is 17.8 Å². The number of likely N-dealkylation sites (tertiary alicyclic amines) is 1. The summed E-state index contributed by atoms with van der Waals surface area (Å²) in [6, 6.07) is 6.95. The van der Waals surface area contributed by atoms with Crippen LogP contribution in [0.5, 0.6) is 0 Å². The van der Waals surface area contributed by atoms with Gasteiger partial charge in [-0.25, -0.2) is 4.79 Å². The highest BCUT2D eigenvalue weighted by Crippen LogP contribution is 2.32. The fourth-order valence-corrected chi connectivity index (χ4v) is 2.82. The van der Waals surface area contributed by atoms with Gasteiger partial charge in [0.05, 0.1) is 6.04 Å². The van der Waals surface area contributed by atoms with Gasteiger partial charge in [-0.15, -0.1) is 0 Å². The summed E-state index contributed by atoms with van der Waals surface area (Å²) in [6.07, 6.45) is 1.48. The molecule has 0 spiro atoms. The number of rotatable bonds is 2. The Kier molecular flexibility index (Phi) is 4.96. The standard InChI is InChI=1S/C17H26N2O3/c1-17(2,3)22-16(21)19-11-7-6-10-14(19)15(20)12-8-4-5-9-13(12)18/h4-5,8-9,14-15,20H,6-7,10-11,18H2,1-3H3. The molecule has 22 heavy (non-hydrogen) atoms. The predicted octanol–water partition coefficient (Wildman–Crippen LogP) is 3.09. The number of amides is 1. The summed E-state index contributed by atoms with van der Waals surface area (Å²) in [4.78, 5) is 14.1. The van der Waals surface area contributed by atoms with Crippen molar-refractivity contribution in [3.05, 3.63) is 29.8 Å². The molecule has 0 saturated carbocycles. The molecule has 1 heterocycles. The Morgan fingerprint density at radius 2 is 2.05 bits per heavy atom. The van der Waals surface area contributed by atoms with Crippen molar-refractivity contribution in [1.82, 2.24) is 4.90 Å². The lowest BCUT2D eigenvalue weighted by molar-refractivity contribution is -0.0167. The second-order valence-electron chi connectivity index (χ2n) is 6.81. The minimum atomic E-state index is -0.797. The van der Waals surface area contributed by atoms with Crippen LogP contribution in [0.15, 0.2) is 24.3 Å². The molecule has 1 aromatic rings. The molecule has 1 saturated heterocycles. The smallest absolute Gasteiger partial charge is 0.410 e. The van der Waals surface area contributed by atoms with Gasteiger partial charge in [0.15, 0.2) is 0 Å². The van der Waals surface area contributed by atoms with Gasteiger partial charge in [0.2, 0.25) is 0 Å². The molecule has 1 amide bonds. The molecular weight excluding hydrogens is 280 g/mol. The number of piperidine rings is 1. The van der Waals surface area contributed by atoms with Crippen LogP contribution < -0.4 is 5.73 Å². The van der Waals surface area contributed by atoms with E-state index in [1.165, 1.54) is 0 Å². The Balaban J connectivity index is 2.19. The number of nitrogen functional groups attached to an aromatic ring is 1. The monoisotopic (exact) mass is 306 g/mol. The normalized spacial score (nSPS) is 20.5. The molecule has 0 aliphatic carbocycles. The zero-order valence-electron chi connectivity index (χ0n) is 13.6. The van der Waals surface area contributed by atoms with E-state index in [4.69, 9.17) is 10.5 Å². The average molecular weight is 306 g/mol. The Hall–Kier alpha value is -1.75. The number of anilines is 1. The van der Waals surface area contributed by atoms with Gasteiger partial charge in [0.25, 0.3) is 0 Å². The first-order chi connectivity index (χ1) is 10.3. The summed E-state index contributed by atoms with van der Waals surface area (Å²) in [5.74, 6) is 0. The van der Waals surface area contributed by atoms with Crippen LogP contribution in [0.2, 0.25) is 0 Å². The van der Waals surface area contributed by atoms with Crippen LogP contribution in [-0.2, 0) is 4.74 Å². The van der Waals surface area contributed by atoms with Gasteiger partial charge in [-0.05, 0) is 46.1 Å². The lowest BCUT2D eigenvalue weighted by Gasteiger charge is -2.39. The molecule has 1 fully saturated rings. The van der Waals surface area contributed by atoms with Gasteiger partial charge in [-0.1, -0.05) is 18.2 Å². The number of benzene rings is 1. The molecule has 0 radical (unpaired) electrons. The molecule has 0 bridgehead atoms. The van der Waals surface area contributed by atoms with E-state index in [0.717, 1.165) is 19.3 Å². The number of ether oxygens (including phenoxy) is 1.